The molecule has 0 aliphatic rings. The van der Waals surface area contributed by atoms with Crippen molar-refractivity contribution >= 4 is 45.1 Å². The third kappa shape index (κ3) is 8.37. The topological polar surface area (TPSA) is 136 Å². The van der Waals surface area contributed by atoms with Crippen LogP contribution in [-0.4, -0.2) is 47.4 Å². The number of nitrogens with zero attached hydrogens (tertiary/aromatic N) is 3. The molecule has 7 rings (SSSR count). The summed E-state index contributed by atoms with van der Waals surface area (Å²) in [6.45, 7) is 4.33. The summed E-state index contributed by atoms with van der Waals surface area (Å²) in [6, 6.07) is 30.9. The molecule has 0 unspecified atom stereocenters. The Balaban J connectivity index is 1.07. The van der Waals surface area contributed by atoms with E-state index in [0.29, 0.717) is 22.6 Å². The molecule has 11 heteroatoms. The van der Waals surface area contributed by atoms with Gasteiger partial charge in [0.05, 0.1) is 36.4 Å². The maximum atomic E-state index is 13.8. The number of amides is 2. The number of rotatable bonds is 13. The number of anilines is 2. The van der Waals surface area contributed by atoms with Crippen molar-refractivity contribution in [1.29, 1.82) is 0 Å². The van der Waals surface area contributed by atoms with E-state index in [1.54, 1.807) is 30.5 Å². The lowest BCUT2D eigenvalue weighted by Gasteiger charge is -2.23. The van der Waals surface area contributed by atoms with Gasteiger partial charge in [0.15, 0.2) is 22.7 Å². The second kappa shape index (κ2) is 16.4. The number of aryl methyl sites for hydroxylation is 1. The van der Waals surface area contributed by atoms with Crippen LogP contribution in [0.3, 0.4) is 0 Å². The first-order valence-electron chi connectivity index (χ1n) is 17.7. The molecule has 0 aliphatic heterocycles. The molecule has 4 aromatic carbocycles. The van der Waals surface area contributed by atoms with Gasteiger partial charge in [-0.15, -0.1) is 0 Å². The molecule has 2 amide bonds. The van der Waals surface area contributed by atoms with Gasteiger partial charge in [-0.1, -0.05) is 48.5 Å². The lowest BCUT2D eigenvalue weighted by Crippen LogP contribution is -2.25. The Morgan fingerprint density at radius 3 is 2.31 bits per heavy atom. The van der Waals surface area contributed by atoms with Crippen LogP contribution in [-0.2, 0) is 19.5 Å². The zero-order valence-electron chi connectivity index (χ0n) is 30.7. The zero-order valence-corrected chi connectivity index (χ0v) is 30.7. The van der Waals surface area contributed by atoms with Crippen LogP contribution in [0.1, 0.15) is 43.2 Å². The standard InChI is InChI=1S/C44H39N5O6/c1-28-12-15-31(33-10-7-20-46-42(28)33)27-49(26-30-8-6-19-45-25-30)21-18-29-13-16-32(17-14-29)47-43(51)35-22-39(53-2)40(54-3)23-36(35)48-44(52)41-24-37(50)34-9-4-5-11-38(34)55-41/h4-17,19-20,22-25H,18,21,26-27H2,1-3H3,(H,47,51)(H,48,52). The third-order valence-electron chi connectivity index (χ3n) is 9.39. The van der Waals surface area contributed by atoms with Crippen LogP contribution in [0.2, 0.25) is 0 Å². The number of carbonyl (C=O) groups is 2. The number of aromatic nitrogens is 2. The second-order valence-electron chi connectivity index (χ2n) is 13.1. The molecule has 55 heavy (non-hydrogen) atoms. The number of pyridine rings is 2. The number of hydrogen-bond acceptors (Lipinski definition) is 9. The van der Waals surface area contributed by atoms with E-state index in [1.165, 1.54) is 31.9 Å². The average molecular weight is 734 g/mol. The lowest BCUT2D eigenvalue weighted by atomic mass is 10.0. The Kier molecular flexibility index (Phi) is 10.9. The van der Waals surface area contributed by atoms with Crippen molar-refractivity contribution in [2.75, 3.05) is 31.4 Å². The van der Waals surface area contributed by atoms with Crippen LogP contribution < -0.4 is 25.5 Å². The van der Waals surface area contributed by atoms with Crippen LogP contribution >= 0.6 is 0 Å². The van der Waals surface area contributed by atoms with Gasteiger partial charge < -0.3 is 24.5 Å². The van der Waals surface area contributed by atoms with Crippen LogP contribution in [0.25, 0.3) is 21.9 Å². The van der Waals surface area contributed by atoms with E-state index in [9.17, 15) is 14.4 Å². The monoisotopic (exact) mass is 733 g/mol. The van der Waals surface area contributed by atoms with Crippen molar-refractivity contribution in [2.24, 2.45) is 0 Å². The van der Waals surface area contributed by atoms with Crippen molar-refractivity contribution in [1.82, 2.24) is 14.9 Å². The summed E-state index contributed by atoms with van der Waals surface area (Å²) in [4.78, 5) is 51.2. The first-order chi connectivity index (χ1) is 26.8. The molecule has 0 atom stereocenters. The maximum absolute atomic E-state index is 13.8. The number of ether oxygens (including phenoxy) is 2. The molecule has 276 valence electrons. The predicted octanol–water partition coefficient (Wildman–Crippen LogP) is 7.81. The summed E-state index contributed by atoms with van der Waals surface area (Å²) in [5.41, 5.74) is 6.32. The van der Waals surface area contributed by atoms with Gasteiger partial charge in [-0.05, 0) is 78.1 Å². The fourth-order valence-electron chi connectivity index (χ4n) is 6.53. The van der Waals surface area contributed by atoms with Gasteiger partial charge in [-0.2, -0.15) is 0 Å². The van der Waals surface area contributed by atoms with Crippen LogP contribution in [0, 0.1) is 6.92 Å². The summed E-state index contributed by atoms with van der Waals surface area (Å²) in [5, 5.41) is 7.15. The number of fused-ring (bicyclic) bond motifs is 2. The molecule has 0 radical (unpaired) electrons. The Morgan fingerprint density at radius 2 is 1.53 bits per heavy atom. The maximum Gasteiger partial charge on any atom is 0.291 e. The highest BCUT2D eigenvalue weighted by Gasteiger charge is 2.21. The lowest BCUT2D eigenvalue weighted by molar-refractivity contribution is 0.0997. The summed E-state index contributed by atoms with van der Waals surface area (Å²) >= 11 is 0. The van der Waals surface area contributed by atoms with Gasteiger partial charge in [0.25, 0.3) is 11.8 Å². The third-order valence-corrected chi connectivity index (χ3v) is 9.39. The molecule has 3 heterocycles. The second-order valence-corrected chi connectivity index (χ2v) is 13.1. The molecule has 0 fully saturated rings. The first kappa shape index (κ1) is 36.5. The summed E-state index contributed by atoms with van der Waals surface area (Å²) < 4.78 is 16.6. The number of nitrogens with one attached hydrogen (secondary N) is 2. The molecule has 7 aromatic rings. The first-order valence-corrected chi connectivity index (χ1v) is 17.7. The molecule has 0 aliphatic carbocycles. The highest BCUT2D eigenvalue weighted by Crippen LogP contribution is 2.34. The number of carbonyl (C=O) groups excluding carboxylic acids is 2. The molecule has 3 aromatic heterocycles. The minimum absolute atomic E-state index is 0.114. The van der Waals surface area contributed by atoms with E-state index in [0.717, 1.165) is 59.7 Å². The molecule has 11 nitrogen and oxygen atoms in total. The Bertz CT molecular complexity index is 2550. The Labute approximate surface area is 317 Å². The van der Waals surface area contributed by atoms with Crippen molar-refractivity contribution in [3.8, 4) is 11.5 Å². The Morgan fingerprint density at radius 1 is 0.764 bits per heavy atom. The van der Waals surface area contributed by atoms with Crippen molar-refractivity contribution in [3.63, 3.8) is 0 Å². The molecular formula is C44H39N5O6. The minimum atomic E-state index is -0.710. The van der Waals surface area contributed by atoms with Gasteiger partial charge in [-0.3, -0.25) is 29.3 Å². The van der Waals surface area contributed by atoms with E-state index in [-0.39, 0.29) is 28.0 Å². The van der Waals surface area contributed by atoms with Crippen molar-refractivity contribution < 1.29 is 23.5 Å². The summed E-state index contributed by atoms with van der Waals surface area (Å²) in [7, 11) is 2.91. The minimum Gasteiger partial charge on any atom is -0.493 e. The summed E-state index contributed by atoms with van der Waals surface area (Å²) in [6.07, 6.45) is 6.28. The molecule has 0 spiro atoms. The number of hydrogen-bond donors (Lipinski definition) is 2. The molecule has 0 saturated heterocycles. The SMILES string of the molecule is COc1cc(NC(=O)c2cc(=O)c3ccccc3o2)c(C(=O)Nc2ccc(CCN(Cc3cccnc3)Cc3ccc(C)c4ncccc34)cc2)cc1OC. The summed E-state index contributed by atoms with van der Waals surface area (Å²) in [5.74, 6) is -0.819. The normalized spacial score (nSPS) is 11.1. The molecule has 0 saturated carbocycles. The van der Waals surface area contributed by atoms with Gasteiger partial charge in [0.2, 0.25) is 0 Å². The average Bonchev–Trinajstić information content (AvgIpc) is 3.21. The van der Waals surface area contributed by atoms with E-state index < -0.39 is 11.8 Å². The molecule has 0 bridgehead atoms. The highest BCUT2D eigenvalue weighted by molar-refractivity contribution is 6.12. The van der Waals surface area contributed by atoms with Gasteiger partial charge in [0, 0.05) is 61.4 Å². The number of methoxy groups -OCH3 is 2. The fraction of sp³-hybridized carbons (Fsp3) is 0.159. The van der Waals surface area contributed by atoms with Gasteiger partial charge >= 0.3 is 0 Å². The Hall–Kier alpha value is -6.85. The van der Waals surface area contributed by atoms with Crippen molar-refractivity contribution in [3.05, 3.63) is 166 Å². The number of para-hydroxylation sites is 1. The highest BCUT2D eigenvalue weighted by atomic mass is 16.5. The van der Waals surface area contributed by atoms with E-state index in [2.05, 4.69) is 56.7 Å². The largest absolute Gasteiger partial charge is 0.493 e. The molecular weight excluding hydrogens is 695 g/mol. The quantitative estimate of drug-likeness (QED) is 0.122. The van der Waals surface area contributed by atoms with Crippen LogP contribution in [0.5, 0.6) is 11.5 Å². The smallest absolute Gasteiger partial charge is 0.291 e. The fourth-order valence-corrected chi connectivity index (χ4v) is 6.53. The zero-order chi connectivity index (χ0) is 38.3. The number of benzene rings is 4. The van der Waals surface area contributed by atoms with Gasteiger partial charge in [0.1, 0.15) is 5.58 Å². The van der Waals surface area contributed by atoms with Crippen LogP contribution in [0.15, 0.2) is 131 Å². The molecule has 2 N–H and O–H groups in total. The van der Waals surface area contributed by atoms with Crippen LogP contribution in [0.4, 0.5) is 11.4 Å². The van der Waals surface area contributed by atoms with E-state index in [4.69, 9.17) is 13.9 Å². The van der Waals surface area contributed by atoms with E-state index >= 15 is 0 Å². The predicted molar refractivity (Wildman–Crippen MR) is 213 cm³/mol. The van der Waals surface area contributed by atoms with Crippen molar-refractivity contribution in [2.45, 2.75) is 26.4 Å². The van der Waals surface area contributed by atoms with Gasteiger partial charge in [-0.25, -0.2) is 0 Å². The van der Waals surface area contributed by atoms with E-state index in [1.807, 2.05) is 48.8 Å².